The largest absolute Gasteiger partial charge is 0.397 e. The lowest BCUT2D eigenvalue weighted by atomic mass is 10.2. The summed E-state index contributed by atoms with van der Waals surface area (Å²) in [5.74, 6) is 0. The van der Waals surface area contributed by atoms with Crippen LogP contribution in [-0.4, -0.2) is 55.8 Å². The van der Waals surface area contributed by atoms with Crippen LogP contribution < -0.4 is 16.8 Å². The van der Waals surface area contributed by atoms with E-state index in [2.05, 4.69) is 27.5 Å². The van der Waals surface area contributed by atoms with Gasteiger partial charge in [-0.05, 0) is 24.4 Å². The highest BCUT2D eigenvalue weighted by atomic mass is 16.5. The maximum atomic E-state index is 5.56. The fourth-order valence-electron chi connectivity index (χ4n) is 2.44. The van der Waals surface area contributed by atoms with Crippen molar-refractivity contribution in [2.24, 2.45) is 5.73 Å². The van der Waals surface area contributed by atoms with Crippen LogP contribution in [0.15, 0.2) is 61.0 Å². The van der Waals surface area contributed by atoms with Gasteiger partial charge in [-0.1, -0.05) is 30.4 Å². The quantitative estimate of drug-likeness (QED) is 0.761. The number of ether oxygens (including phenoxy) is 1. The summed E-state index contributed by atoms with van der Waals surface area (Å²) in [5, 5.41) is 4.25. The Morgan fingerprint density at radius 2 is 1.96 bits per heavy atom. The number of aromatic nitrogens is 1. The second-order valence-corrected chi connectivity index (χ2v) is 5.88. The van der Waals surface area contributed by atoms with Crippen molar-refractivity contribution in [3.05, 3.63) is 61.0 Å². The zero-order valence-corrected chi connectivity index (χ0v) is 15.2. The summed E-state index contributed by atoms with van der Waals surface area (Å²) in [7, 11) is 0. The van der Waals surface area contributed by atoms with Crippen LogP contribution in [0.2, 0.25) is 0 Å². The highest BCUT2D eigenvalue weighted by molar-refractivity contribution is 5.80. The van der Waals surface area contributed by atoms with Gasteiger partial charge in [0.1, 0.15) is 0 Å². The lowest BCUT2D eigenvalue weighted by molar-refractivity contribution is 0.109. The number of allylic oxidation sites excluding steroid dienone is 2. The first kappa shape index (κ1) is 19.9. The lowest BCUT2D eigenvalue weighted by Crippen LogP contribution is -2.30. The molecule has 6 heteroatoms. The van der Waals surface area contributed by atoms with Crippen LogP contribution in [0.4, 0.5) is 5.69 Å². The van der Waals surface area contributed by atoms with Gasteiger partial charge >= 0.3 is 0 Å². The van der Waals surface area contributed by atoms with Crippen molar-refractivity contribution in [1.29, 1.82) is 0 Å². The van der Waals surface area contributed by atoms with E-state index in [0.717, 1.165) is 56.8 Å². The number of nitrogen functional groups attached to an aromatic ring is 1. The normalized spacial score (nSPS) is 15.7. The smallest absolute Gasteiger partial charge is 0.0703 e. The number of pyridine rings is 1. The third-order valence-corrected chi connectivity index (χ3v) is 3.76. The number of nitrogens with one attached hydrogen (secondary N) is 1. The molecule has 4 rings (SSSR count). The van der Waals surface area contributed by atoms with Gasteiger partial charge in [0.05, 0.1) is 30.6 Å². The molecule has 2 aliphatic rings. The maximum Gasteiger partial charge on any atom is 0.0703 e. The van der Waals surface area contributed by atoms with Crippen LogP contribution in [-0.2, 0) is 4.74 Å². The van der Waals surface area contributed by atoms with E-state index in [-0.39, 0.29) is 0 Å². The molecule has 0 spiro atoms. The number of anilines is 1. The Kier molecular flexibility index (Phi) is 9.21. The first-order valence-corrected chi connectivity index (χ1v) is 8.96. The monoisotopic (exact) mass is 355 g/mol. The van der Waals surface area contributed by atoms with Crippen molar-refractivity contribution < 1.29 is 4.74 Å². The van der Waals surface area contributed by atoms with Gasteiger partial charge in [0.15, 0.2) is 0 Å². The molecule has 0 amide bonds. The van der Waals surface area contributed by atoms with E-state index >= 15 is 0 Å². The van der Waals surface area contributed by atoms with Gasteiger partial charge in [0.2, 0.25) is 0 Å². The van der Waals surface area contributed by atoms with Crippen LogP contribution in [0, 0.1) is 0 Å². The van der Waals surface area contributed by atoms with E-state index in [1.807, 2.05) is 42.5 Å². The molecule has 140 valence electrons. The molecule has 0 aliphatic carbocycles. The maximum absolute atomic E-state index is 5.56. The third-order valence-electron chi connectivity index (χ3n) is 3.76. The number of nitrogens with two attached hydrogens (primary N) is 2. The number of para-hydroxylation sites is 1. The Labute approximate surface area is 155 Å². The number of hydrogen-bond acceptors (Lipinski definition) is 6. The molecule has 6 nitrogen and oxygen atoms in total. The fraction of sp³-hybridized carbons (Fsp3) is 0.350. The number of rotatable bonds is 2. The summed E-state index contributed by atoms with van der Waals surface area (Å²) in [4.78, 5) is 6.34. The van der Waals surface area contributed by atoms with Crippen LogP contribution in [0.25, 0.3) is 10.9 Å². The highest BCUT2D eigenvalue weighted by Crippen LogP contribution is 2.12. The Morgan fingerprint density at radius 3 is 2.58 bits per heavy atom. The van der Waals surface area contributed by atoms with Crippen LogP contribution >= 0.6 is 0 Å². The number of fused-ring (bicyclic) bond motifs is 1. The molecule has 1 fully saturated rings. The summed E-state index contributed by atoms with van der Waals surface area (Å²) in [6.45, 7) is 6.53. The van der Waals surface area contributed by atoms with Gasteiger partial charge in [0, 0.05) is 38.1 Å². The average Bonchev–Trinajstić information content (AvgIpc) is 2.71. The third kappa shape index (κ3) is 7.65. The molecule has 0 bridgehead atoms. The molecule has 1 aromatic carbocycles. The van der Waals surface area contributed by atoms with E-state index in [0.29, 0.717) is 5.69 Å². The molecule has 5 N–H and O–H groups in total. The number of benzene rings is 1. The van der Waals surface area contributed by atoms with E-state index in [1.165, 1.54) is 0 Å². The second kappa shape index (κ2) is 12.0. The van der Waals surface area contributed by atoms with Crippen molar-refractivity contribution in [2.45, 2.75) is 0 Å². The SMILES string of the molecule is C1COCCN1.NCCN1C=CC=CC1.Nc1cnc2ccccc2c1. The van der Waals surface area contributed by atoms with Crippen molar-refractivity contribution in [3.8, 4) is 0 Å². The van der Waals surface area contributed by atoms with Gasteiger partial charge in [-0.25, -0.2) is 0 Å². The van der Waals surface area contributed by atoms with E-state index < -0.39 is 0 Å². The van der Waals surface area contributed by atoms with Crippen molar-refractivity contribution in [1.82, 2.24) is 15.2 Å². The zero-order chi connectivity index (χ0) is 18.5. The molecular formula is C20H29N5O. The van der Waals surface area contributed by atoms with E-state index in [4.69, 9.17) is 16.2 Å². The van der Waals surface area contributed by atoms with Gasteiger partial charge < -0.3 is 26.4 Å². The summed E-state index contributed by atoms with van der Waals surface area (Å²) in [6.07, 6.45) is 9.93. The summed E-state index contributed by atoms with van der Waals surface area (Å²) in [6, 6.07) is 9.82. The van der Waals surface area contributed by atoms with Crippen LogP contribution in [0.5, 0.6) is 0 Å². The molecule has 1 aromatic heterocycles. The van der Waals surface area contributed by atoms with Crippen molar-refractivity contribution >= 4 is 16.6 Å². The summed E-state index contributed by atoms with van der Waals surface area (Å²) >= 11 is 0. The van der Waals surface area contributed by atoms with Gasteiger partial charge in [-0.2, -0.15) is 0 Å². The molecule has 0 radical (unpaired) electrons. The minimum Gasteiger partial charge on any atom is -0.397 e. The lowest BCUT2D eigenvalue weighted by Gasteiger charge is -2.18. The zero-order valence-electron chi connectivity index (χ0n) is 15.2. The predicted octanol–water partition coefficient (Wildman–Crippen LogP) is 1.75. The van der Waals surface area contributed by atoms with Gasteiger partial charge in [-0.15, -0.1) is 0 Å². The predicted molar refractivity (Wildman–Crippen MR) is 109 cm³/mol. The highest BCUT2D eigenvalue weighted by Gasteiger charge is 1.95. The van der Waals surface area contributed by atoms with Crippen LogP contribution in [0.3, 0.4) is 0 Å². The van der Waals surface area contributed by atoms with Crippen molar-refractivity contribution in [2.75, 3.05) is 51.7 Å². The minimum absolute atomic E-state index is 0.712. The number of morpholine rings is 1. The van der Waals surface area contributed by atoms with Crippen molar-refractivity contribution in [3.63, 3.8) is 0 Å². The number of nitrogens with zero attached hydrogens (tertiary/aromatic N) is 2. The minimum atomic E-state index is 0.712. The fourth-order valence-corrected chi connectivity index (χ4v) is 2.44. The van der Waals surface area contributed by atoms with Crippen LogP contribution in [0.1, 0.15) is 0 Å². The molecule has 26 heavy (non-hydrogen) atoms. The average molecular weight is 355 g/mol. The Bertz CT molecular complexity index is 686. The first-order valence-electron chi connectivity index (χ1n) is 8.96. The molecule has 2 aliphatic heterocycles. The molecule has 1 saturated heterocycles. The molecule has 3 heterocycles. The Balaban J connectivity index is 0.000000147. The second-order valence-electron chi connectivity index (χ2n) is 5.88. The van der Waals surface area contributed by atoms with E-state index in [1.54, 1.807) is 6.20 Å². The van der Waals surface area contributed by atoms with Gasteiger partial charge in [0.25, 0.3) is 0 Å². The number of hydrogen-bond donors (Lipinski definition) is 3. The Hall–Kier alpha value is -2.41. The summed E-state index contributed by atoms with van der Waals surface area (Å²) < 4.78 is 5.01. The molecular weight excluding hydrogens is 326 g/mol. The molecule has 0 unspecified atom stereocenters. The molecule has 0 saturated carbocycles. The molecule has 0 atom stereocenters. The summed E-state index contributed by atoms with van der Waals surface area (Å²) in [5.41, 5.74) is 12.6. The topological polar surface area (TPSA) is 89.4 Å². The molecule has 2 aromatic rings. The first-order chi connectivity index (χ1) is 12.8. The van der Waals surface area contributed by atoms with Gasteiger partial charge in [-0.3, -0.25) is 4.98 Å². The standard InChI is InChI=1S/C9H8N2.C7H12N2.C4H9NO/c10-8-5-7-3-1-2-4-9(7)11-6-8;8-4-7-9-5-2-1-3-6-9;1-3-6-4-2-5-1/h1-6H,10H2;1-3,5H,4,6-8H2;5H,1-4H2. The Morgan fingerprint density at radius 1 is 1.15 bits per heavy atom. The van der Waals surface area contributed by atoms with E-state index in [9.17, 15) is 0 Å².